The average molecular weight is 559 g/mol. The molecule has 0 radical (unpaired) electrons. The van der Waals surface area contributed by atoms with Crippen molar-refractivity contribution in [3.63, 3.8) is 0 Å². The predicted molar refractivity (Wildman–Crippen MR) is 168 cm³/mol. The summed E-state index contributed by atoms with van der Waals surface area (Å²) in [5, 5.41) is 21.9. The number of hydrogen-bond acceptors (Lipinski definition) is 6. The molecule has 5 aromatic carbocycles. The van der Waals surface area contributed by atoms with Crippen molar-refractivity contribution in [1.29, 1.82) is 0 Å². The number of nitrogens with zero attached hydrogens (tertiary/aromatic N) is 2. The number of carbonyl (C=O) groups excluding carboxylic acids is 1. The Labute approximate surface area is 246 Å². The van der Waals surface area contributed by atoms with Gasteiger partial charge < -0.3 is 19.8 Å². The predicted octanol–water partition coefficient (Wildman–Crippen LogP) is 6.87. The standard InChI is InChI=1S/C36H34N2O4/c1-25(39)27-4-9-30(10-5-27)38-20-18-37(19-21-38)24-42-33-14-2-26(3-15-33)22-36-34(28-6-11-31(40)12-7-28)16-8-29-23-32(41)13-17-35(29)36/h2-17,23,40-41H,18-22,24H2,1H3. The lowest BCUT2D eigenvalue weighted by molar-refractivity contribution is 0.101. The highest BCUT2D eigenvalue weighted by atomic mass is 16.5. The lowest BCUT2D eigenvalue weighted by atomic mass is 9.90. The molecule has 0 spiro atoms. The molecule has 0 amide bonds. The zero-order chi connectivity index (χ0) is 29.1. The Balaban J connectivity index is 1.10. The highest BCUT2D eigenvalue weighted by Crippen LogP contribution is 2.34. The highest BCUT2D eigenvalue weighted by molar-refractivity contribution is 5.94. The van der Waals surface area contributed by atoms with E-state index in [1.54, 1.807) is 31.2 Å². The van der Waals surface area contributed by atoms with Crippen molar-refractivity contribution in [2.45, 2.75) is 13.3 Å². The minimum Gasteiger partial charge on any atom is -0.508 e. The summed E-state index contributed by atoms with van der Waals surface area (Å²) in [6, 6.07) is 33.0. The van der Waals surface area contributed by atoms with Crippen LogP contribution in [0.2, 0.25) is 0 Å². The topological polar surface area (TPSA) is 73.2 Å². The third-order valence-corrected chi connectivity index (χ3v) is 8.02. The van der Waals surface area contributed by atoms with E-state index in [0.717, 1.165) is 70.6 Å². The number of phenols is 2. The van der Waals surface area contributed by atoms with Gasteiger partial charge >= 0.3 is 0 Å². The van der Waals surface area contributed by atoms with Crippen LogP contribution in [0.5, 0.6) is 17.2 Å². The fraction of sp³-hybridized carbons (Fsp3) is 0.194. The van der Waals surface area contributed by atoms with E-state index in [4.69, 9.17) is 4.74 Å². The lowest BCUT2D eigenvalue weighted by Crippen LogP contribution is -2.47. The molecule has 5 aromatic rings. The molecule has 6 rings (SSSR count). The van der Waals surface area contributed by atoms with Gasteiger partial charge in [-0.15, -0.1) is 0 Å². The summed E-state index contributed by atoms with van der Waals surface area (Å²) in [5.41, 5.74) is 6.35. The Bertz CT molecular complexity index is 1690. The number of carbonyl (C=O) groups is 1. The van der Waals surface area contributed by atoms with E-state index in [1.165, 1.54) is 5.56 Å². The average Bonchev–Trinajstić information content (AvgIpc) is 3.01. The van der Waals surface area contributed by atoms with Gasteiger partial charge in [0, 0.05) is 37.4 Å². The monoisotopic (exact) mass is 558 g/mol. The van der Waals surface area contributed by atoms with Crippen LogP contribution in [0.4, 0.5) is 5.69 Å². The molecule has 2 N–H and O–H groups in total. The summed E-state index contributed by atoms with van der Waals surface area (Å²) in [7, 11) is 0. The van der Waals surface area contributed by atoms with Crippen LogP contribution in [-0.4, -0.2) is 53.8 Å². The van der Waals surface area contributed by atoms with Gasteiger partial charge in [0.15, 0.2) is 5.78 Å². The van der Waals surface area contributed by atoms with Crippen molar-refractivity contribution in [2.24, 2.45) is 0 Å². The van der Waals surface area contributed by atoms with E-state index in [-0.39, 0.29) is 17.3 Å². The van der Waals surface area contributed by atoms with Gasteiger partial charge in [0.2, 0.25) is 0 Å². The van der Waals surface area contributed by atoms with Crippen molar-refractivity contribution in [3.05, 3.63) is 120 Å². The smallest absolute Gasteiger partial charge is 0.159 e. The van der Waals surface area contributed by atoms with Gasteiger partial charge in [0.25, 0.3) is 0 Å². The van der Waals surface area contributed by atoms with Crippen LogP contribution < -0.4 is 9.64 Å². The fourth-order valence-electron chi connectivity index (χ4n) is 5.60. The second kappa shape index (κ2) is 12.0. The molecule has 1 fully saturated rings. The molecule has 1 saturated heterocycles. The summed E-state index contributed by atoms with van der Waals surface area (Å²) in [5.74, 6) is 1.41. The van der Waals surface area contributed by atoms with Crippen LogP contribution >= 0.6 is 0 Å². The van der Waals surface area contributed by atoms with Crippen LogP contribution in [0.25, 0.3) is 21.9 Å². The van der Waals surface area contributed by atoms with Crippen LogP contribution in [-0.2, 0) is 6.42 Å². The van der Waals surface area contributed by atoms with Gasteiger partial charge in [0.1, 0.15) is 24.0 Å². The largest absolute Gasteiger partial charge is 0.508 e. The van der Waals surface area contributed by atoms with Gasteiger partial charge in [-0.2, -0.15) is 0 Å². The molecule has 0 aliphatic carbocycles. The second-order valence-electron chi connectivity index (χ2n) is 10.8. The molecule has 0 saturated carbocycles. The molecule has 0 aromatic heterocycles. The maximum atomic E-state index is 11.6. The molecule has 1 aliphatic rings. The zero-order valence-corrected chi connectivity index (χ0v) is 23.7. The number of piperazine rings is 1. The Hall–Kier alpha value is -4.81. The summed E-state index contributed by atoms with van der Waals surface area (Å²) in [6.45, 7) is 5.76. The van der Waals surface area contributed by atoms with E-state index >= 15 is 0 Å². The van der Waals surface area contributed by atoms with Crippen LogP contribution in [0.15, 0.2) is 103 Å². The molecule has 42 heavy (non-hydrogen) atoms. The van der Waals surface area contributed by atoms with Crippen molar-refractivity contribution in [1.82, 2.24) is 4.90 Å². The van der Waals surface area contributed by atoms with Crippen molar-refractivity contribution >= 4 is 22.2 Å². The quantitative estimate of drug-likeness (QED) is 0.203. The van der Waals surface area contributed by atoms with E-state index in [9.17, 15) is 15.0 Å². The third kappa shape index (κ3) is 6.09. The molecular weight excluding hydrogens is 524 g/mol. The van der Waals surface area contributed by atoms with Gasteiger partial charge in [-0.3, -0.25) is 9.69 Å². The minimum absolute atomic E-state index is 0.0880. The molecule has 6 nitrogen and oxygen atoms in total. The zero-order valence-electron chi connectivity index (χ0n) is 23.7. The second-order valence-corrected chi connectivity index (χ2v) is 10.8. The number of Topliss-reactive ketones (excluding diaryl/α,β-unsaturated/α-hetero) is 1. The Morgan fingerprint density at radius 1 is 0.762 bits per heavy atom. The first-order valence-electron chi connectivity index (χ1n) is 14.3. The van der Waals surface area contributed by atoms with E-state index in [2.05, 4.69) is 28.0 Å². The molecule has 212 valence electrons. The first-order chi connectivity index (χ1) is 20.4. The Kier molecular flexibility index (Phi) is 7.80. The minimum atomic E-state index is 0.0880. The highest BCUT2D eigenvalue weighted by Gasteiger charge is 2.18. The molecule has 0 atom stereocenters. The van der Waals surface area contributed by atoms with Crippen LogP contribution in [0, 0.1) is 0 Å². The Morgan fingerprint density at radius 3 is 2.14 bits per heavy atom. The normalized spacial score (nSPS) is 13.8. The number of hydrogen-bond donors (Lipinski definition) is 2. The van der Waals surface area contributed by atoms with Crippen LogP contribution in [0.1, 0.15) is 28.4 Å². The summed E-state index contributed by atoms with van der Waals surface area (Å²) < 4.78 is 6.14. The summed E-state index contributed by atoms with van der Waals surface area (Å²) >= 11 is 0. The maximum Gasteiger partial charge on any atom is 0.159 e. The van der Waals surface area contributed by atoms with Gasteiger partial charge in [-0.1, -0.05) is 42.5 Å². The van der Waals surface area contributed by atoms with Gasteiger partial charge in [-0.05, 0) is 107 Å². The molecule has 0 unspecified atom stereocenters. The van der Waals surface area contributed by atoms with Gasteiger partial charge in [0.05, 0.1) is 0 Å². The molecule has 6 heteroatoms. The number of ketones is 1. The summed E-state index contributed by atoms with van der Waals surface area (Å²) in [6.07, 6.45) is 0.716. The number of fused-ring (bicyclic) bond motifs is 1. The van der Waals surface area contributed by atoms with Crippen LogP contribution in [0.3, 0.4) is 0 Å². The number of ether oxygens (including phenoxy) is 1. The summed E-state index contributed by atoms with van der Waals surface area (Å²) in [4.78, 5) is 16.2. The molecule has 1 heterocycles. The number of anilines is 1. The number of benzene rings is 5. The van der Waals surface area contributed by atoms with Gasteiger partial charge in [-0.25, -0.2) is 0 Å². The number of rotatable bonds is 8. The van der Waals surface area contributed by atoms with Crippen molar-refractivity contribution in [2.75, 3.05) is 37.8 Å². The third-order valence-electron chi connectivity index (χ3n) is 8.02. The van der Waals surface area contributed by atoms with E-state index in [0.29, 0.717) is 13.2 Å². The fourth-order valence-corrected chi connectivity index (χ4v) is 5.60. The molecule has 0 bridgehead atoms. The SMILES string of the molecule is CC(=O)c1ccc(N2CCN(COc3ccc(Cc4c(-c5ccc(O)cc5)ccc5cc(O)ccc45)cc3)CC2)cc1. The first kappa shape index (κ1) is 27.4. The van der Waals surface area contributed by atoms with Crippen molar-refractivity contribution < 1.29 is 19.7 Å². The van der Waals surface area contributed by atoms with E-state index in [1.807, 2.05) is 60.7 Å². The first-order valence-corrected chi connectivity index (χ1v) is 14.3. The van der Waals surface area contributed by atoms with E-state index < -0.39 is 0 Å². The lowest BCUT2D eigenvalue weighted by Gasteiger charge is -2.35. The maximum absolute atomic E-state index is 11.6. The Morgan fingerprint density at radius 2 is 1.45 bits per heavy atom. The molecular formula is C36H34N2O4. The van der Waals surface area contributed by atoms with Crippen molar-refractivity contribution in [3.8, 4) is 28.4 Å². The number of phenolic OH excluding ortho intramolecular Hbond substituents is 2. The number of aromatic hydroxyl groups is 2. The molecule has 1 aliphatic heterocycles.